The van der Waals surface area contributed by atoms with Gasteiger partial charge in [0.05, 0.1) is 6.61 Å². The molecule has 5 heteroatoms. The molecule has 0 aromatic heterocycles. The minimum atomic E-state index is -1.03. The van der Waals surface area contributed by atoms with Gasteiger partial charge in [-0.15, -0.1) is 0 Å². The summed E-state index contributed by atoms with van der Waals surface area (Å²) in [6.45, 7) is 1.95. The molecular weight excluding hydrogens is 234 g/mol. The van der Waals surface area contributed by atoms with Crippen molar-refractivity contribution in [3.05, 3.63) is 35.4 Å². The molecule has 1 unspecified atom stereocenters. The van der Waals surface area contributed by atoms with Gasteiger partial charge in [-0.3, -0.25) is 4.79 Å². The van der Waals surface area contributed by atoms with Gasteiger partial charge in [-0.05, 0) is 24.6 Å². The van der Waals surface area contributed by atoms with E-state index in [0.717, 1.165) is 5.56 Å². The summed E-state index contributed by atoms with van der Waals surface area (Å²) in [6, 6.07) is 6.06. The molecule has 0 saturated carbocycles. The molecular formula is C13H17NO4. The van der Waals surface area contributed by atoms with Crippen LogP contribution >= 0.6 is 0 Å². The molecule has 0 aliphatic heterocycles. The van der Waals surface area contributed by atoms with Crippen molar-refractivity contribution in [3.8, 4) is 0 Å². The second-order valence-electron chi connectivity index (χ2n) is 4.06. The highest BCUT2D eigenvalue weighted by Gasteiger charge is 2.22. The van der Waals surface area contributed by atoms with Gasteiger partial charge < -0.3 is 14.7 Å². The zero-order chi connectivity index (χ0) is 13.7. The molecule has 1 amide bonds. The third kappa shape index (κ3) is 3.30. The lowest BCUT2D eigenvalue weighted by Gasteiger charge is -2.21. The van der Waals surface area contributed by atoms with Gasteiger partial charge in [0.25, 0.3) is 5.91 Å². The summed E-state index contributed by atoms with van der Waals surface area (Å²) in [4.78, 5) is 24.0. The average Bonchev–Trinajstić information content (AvgIpc) is 2.37. The van der Waals surface area contributed by atoms with Crippen LogP contribution in [-0.4, -0.2) is 42.1 Å². The van der Waals surface area contributed by atoms with Crippen molar-refractivity contribution < 1.29 is 19.4 Å². The van der Waals surface area contributed by atoms with Crippen molar-refractivity contribution in [2.75, 3.05) is 14.2 Å². The van der Waals surface area contributed by atoms with Gasteiger partial charge in [0.2, 0.25) is 0 Å². The van der Waals surface area contributed by atoms with Crippen molar-refractivity contribution >= 4 is 11.9 Å². The Labute approximate surface area is 106 Å². The maximum atomic E-state index is 12.0. The van der Waals surface area contributed by atoms with Gasteiger partial charge >= 0.3 is 5.97 Å². The number of hydrogen-bond acceptors (Lipinski definition) is 3. The largest absolute Gasteiger partial charge is 0.480 e. The predicted molar refractivity (Wildman–Crippen MR) is 66.3 cm³/mol. The summed E-state index contributed by atoms with van der Waals surface area (Å²) in [5, 5.41) is 8.85. The lowest BCUT2D eigenvalue weighted by Crippen LogP contribution is -2.40. The van der Waals surface area contributed by atoms with Crippen LogP contribution in [0.1, 0.15) is 22.8 Å². The molecule has 0 aliphatic carbocycles. The summed E-state index contributed by atoms with van der Waals surface area (Å²) in [5.41, 5.74) is 1.42. The van der Waals surface area contributed by atoms with Crippen LogP contribution in [0.15, 0.2) is 24.3 Å². The summed E-state index contributed by atoms with van der Waals surface area (Å²) in [6.07, 6.45) is 0. The highest BCUT2D eigenvalue weighted by atomic mass is 16.5. The van der Waals surface area contributed by atoms with Gasteiger partial charge in [0.1, 0.15) is 6.04 Å². The number of methoxy groups -OCH3 is 1. The first-order valence-electron chi connectivity index (χ1n) is 5.55. The van der Waals surface area contributed by atoms with Gasteiger partial charge in [-0.25, -0.2) is 4.79 Å². The first kappa shape index (κ1) is 14.2. The Kier molecular flexibility index (Phi) is 4.85. The number of likely N-dealkylation sites (N-methyl/N-ethyl adjacent to an activating group) is 1. The van der Waals surface area contributed by atoms with E-state index in [1.165, 1.54) is 18.9 Å². The summed E-state index contributed by atoms with van der Waals surface area (Å²) in [7, 11) is 3.07. The Morgan fingerprint density at radius 1 is 1.33 bits per heavy atom. The van der Waals surface area contributed by atoms with Crippen molar-refractivity contribution in [1.82, 2.24) is 4.90 Å². The van der Waals surface area contributed by atoms with Crippen LogP contribution in [0.3, 0.4) is 0 Å². The fraction of sp³-hybridized carbons (Fsp3) is 0.385. The highest BCUT2D eigenvalue weighted by Crippen LogP contribution is 2.09. The van der Waals surface area contributed by atoms with Crippen molar-refractivity contribution in [2.45, 2.75) is 19.6 Å². The minimum Gasteiger partial charge on any atom is -0.480 e. The first-order chi connectivity index (χ1) is 8.47. The molecule has 1 aromatic carbocycles. The number of carbonyl (C=O) groups is 2. The zero-order valence-corrected chi connectivity index (χ0v) is 10.7. The number of benzene rings is 1. The van der Waals surface area contributed by atoms with E-state index in [-0.39, 0.29) is 5.91 Å². The van der Waals surface area contributed by atoms with Crippen LogP contribution in [0.25, 0.3) is 0 Å². The average molecular weight is 251 g/mol. The third-order valence-electron chi connectivity index (χ3n) is 2.77. The summed E-state index contributed by atoms with van der Waals surface area (Å²) in [5.74, 6) is -1.34. The quantitative estimate of drug-likeness (QED) is 0.858. The number of carbonyl (C=O) groups excluding carboxylic acids is 1. The second kappa shape index (κ2) is 6.16. The maximum absolute atomic E-state index is 12.0. The molecule has 0 bridgehead atoms. The molecule has 0 spiro atoms. The molecule has 1 aromatic rings. The lowest BCUT2D eigenvalue weighted by molar-refractivity contribution is -0.141. The Hall–Kier alpha value is -1.88. The monoisotopic (exact) mass is 251 g/mol. The molecule has 1 N–H and O–H groups in total. The number of amides is 1. The van der Waals surface area contributed by atoms with Gasteiger partial charge in [0.15, 0.2) is 0 Å². The van der Waals surface area contributed by atoms with Gasteiger partial charge in [-0.2, -0.15) is 0 Å². The van der Waals surface area contributed by atoms with E-state index in [1.807, 2.05) is 0 Å². The van der Waals surface area contributed by atoms with Crippen molar-refractivity contribution in [3.63, 3.8) is 0 Å². The van der Waals surface area contributed by atoms with E-state index in [2.05, 4.69) is 0 Å². The van der Waals surface area contributed by atoms with E-state index in [4.69, 9.17) is 9.84 Å². The molecule has 1 atom stereocenters. The SMILES string of the molecule is COCc1ccc(C(=O)N(C)C(C)C(=O)O)cc1. The number of carboxylic acid groups (broad SMARTS) is 1. The highest BCUT2D eigenvalue weighted by molar-refractivity contribution is 5.96. The van der Waals surface area contributed by atoms with E-state index in [9.17, 15) is 9.59 Å². The Balaban J connectivity index is 2.80. The minimum absolute atomic E-state index is 0.311. The Bertz CT molecular complexity index is 427. The molecule has 0 fully saturated rings. The fourth-order valence-corrected chi connectivity index (χ4v) is 1.46. The number of rotatable bonds is 5. The molecule has 0 radical (unpaired) electrons. The number of aliphatic carboxylic acids is 1. The number of hydrogen-bond donors (Lipinski definition) is 1. The van der Waals surface area contributed by atoms with Gasteiger partial charge in [-0.1, -0.05) is 12.1 Å². The van der Waals surface area contributed by atoms with E-state index in [1.54, 1.807) is 31.4 Å². The molecule has 1 rings (SSSR count). The summed E-state index contributed by atoms with van der Waals surface area (Å²) >= 11 is 0. The van der Waals surface area contributed by atoms with Crippen molar-refractivity contribution in [2.24, 2.45) is 0 Å². The third-order valence-corrected chi connectivity index (χ3v) is 2.77. The molecule has 5 nitrogen and oxygen atoms in total. The van der Waals surface area contributed by atoms with Gasteiger partial charge in [0, 0.05) is 19.7 Å². The maximum Gasteiger partial charge on any atom is 0.326 e. The molecule has 0 heterocycles. The smallest absolute Gasteiger partial charge is 0.326 e. The fourth-order valence-electron chi connectivity index (χ4n) is 1.46. The summed E-state index contributed by atoms with van der Waals surface area (Å²) < 4.78 is 4.97. The van der Waals surface area contributed by atoms with Crippen LogP contribution in [0.4, 0.5) is 0 Å². The van der Waals surface area contributed by atoms with E-state index < -0.39 is 12.0 Å². The normalized spacial score (nSPS) is 11.9. The van der Waals surface area contributed by atoms with Crippen molar-refractivity contribution in [1.29, 1.82) is 0 Å². The second-order valence-corrected chi connectivity index (χ2v) is 4.06. The van der Waals surface area contributed by atoms with Crippen LogP contribution < -0.4 is 0 Å². The zero-order valence-electron chi connectivity index (χ0n) is 10.7. The lowest BCUT2D eigenvalue weighted by atomic mass is 10.1. The van der Waals surface area contributed by atoms with Crippen LogP contribution in [-0.2, 0) is 16.1 Å². The van der Waals surface area contributed by atoms with E-state index in [0.29, 0.717) is 12.2 Å². The molecule has 18 heavy (non-hydrogen) atoms. The molecule has 0 saturated heterocycles. The molecule has 98 valence electrons. The predicted octanol–water partition coefficient (Wildman–Crippen LogP) is 1.38. The van der Waals surface area contributed by atoms with Crippen LogP contribution in [0, 0.1) is 0 Å². The standard InChI is InChI=1S/C13H17NO4/c1-9(13(16)17)14(2)12(15)11-6-4-10(5-7-11)8-18-3/h4-7,9H,8H2,1-3H3,(H,16,17). The van der Waals surface area contributed by atoms with E-state index >= 15 is 0 Å². The number of ether oxygens (including phenoxy) is 1. The van der Waals surface area contributed by atoms with Crippen LogP contribution in [0.5, 0.6) is 0 Å². The number of nitrogens with zero attached hydrogens (tertiary/aromatic N) is 1. The number of carboxylic acids is 1. The topological polar surface area (TPSA) is 66.8 Å². The first-order valence-corrected chi connectivity index (χ1v) is 5.55. The van der Waals surface area contributed by atoms with Crippen LogP contribution in [0.2, 0.25) is 0 Å². The molecule has 0 aliphatic rings. The Morgan fingerprint density at radius 2 is 1.89 bits per heavy atom. The Morgan fingerprint density at radius 3 is 2.33 bits per heavy atom.